The summed E-state index contributed by atoms with van der Waals surface area (Å²) in [5.41, 5.74) is -1.64. The van der Waals surface area contributed by atoms with Crippen molar-refractivity contribution in [2.45, 2.75) is 63.5 Å². The van der Waals surface area contributed by atoms with Crippen LogP contribution in [-0.2, 0) is 10.9 Å². The topological polar surface area (TPSA) is 65.9 Å². The fraction of sp³-hybridized carbons (Fsp3) is 0.684. The van der Waals surface area contributed by atoms with E-state index in [1.165, 1.54) is 0 Å². The number of nitrogens with zero attached hydrogens (tertiary/aromatic N) is 3. The quantitative estimate of drug-likeness (QED) is 0.837. The highest BCUT2D eigenvalue weighted by atomic mass is 19.4. The van der Waals surface area contributed by atoms with Gasteiger partial charge >= 0.3 is 12.3 Å². The number of alkyl halides is 3. The first-order valence-electron chi connectivity index (χ1n) is 9.51. The summed E-state index contributed by atoms with van der Waals surface area (Å²) < 4.78 is 44.4. The van der Waals surface area contributed by atoms with Crippen molar-refractivity contribution < 1.29 is 27.8 Å². The van der Waals surface area contributed by atoms with Gasteiger partial charge in [-0.3, -0.25) is 0 Å². The van der Waals surface area contributed by atoms with E-state index in [-0.39, 0.29) is 18.0 Å². The molecule has 0 aliphatic carbocycles. The van der Waals surface area contributed by atoms with Gasteiger partial charge in [-0.25, -0.2) is 9.78 Å². The average Bonchev–Trinajstić information content (AvgIpc) is 2.60. The molecule has 2 fully saturated rings. The van der Waals surface area contributed by atoms with Crippen LogP contribution >= 0.6 is 0 Å². The van der Waals surface area contributed by atoms with Gasteiger partial charge in [0.1, 0.15) is 11.9 Å². The lowest BCUT2D eigenvalue weighted by molar-refractivity contribution is -0.137. The van der Waals surface area contributed by atoms with Gasteiger partial charge in [0.2, 0.25) is 0 Å². The van der Waals surface area contributed by atoms with Crippen molar-refractivity contribution in [3.8, 4) is 0 Å². The van der Waals surface area contributed by atoms with Gasteiger partial charge in [0, 0.05) is 38.7 Å². The highest BCUT2D eigenvalue weighted by Crippen LogP contribution is 2.32. The third-order valence-electron chi connectivity index (χ3n) is 5.16. The molecular weight excluding hydrogens is 375 g/mol. The number of pyridine rings is 1. The molecule has 0 spiro atoms. The van der Waals surface area contributed by atoms with Crippen LogP contribution in [0, 0.1) is 0 Å². The molecule has 1 aromatic heterocycles. The maximum absolute atomic E-state index is 13.0. The number of amides is 1. The summed E-state index contributed by atoms with van der Waals surface area (Å²) in [4.78, 5) is 20.0. The van der Waals surface area contributed by atoms with Gasteiger partial charge in [0.05, 0.1) is 17.2 Å². The molecule has 2 saturated heterocycles. The van der Waals surface area contributed by atoms with E-state index >= 15 is 0 Å². The van der Waals surface area contributed by atoms with Gasteiger partial charge in [-0.2, -0.15) is 13.2 Å². The monoisotopic (exact) mass is 401 g/mol. The summed E-state index contributed by atoms with van der Waals surface area (Å²) in [5.74, 6) is 0.268. The first kappa shape index (κ1) is 20.7. The number of ether oxygens (including phenoxy) is 1. The summed E-state index contributed by atoms with van der Waals surface area (Å²) in [6.45, 7) is 4.87. The number of halogens is 3. The molecule has 3 heterocycles. The highest BCUT2D eigenvalue weighted by Gasteiger charge is 2.37. The molecule has 0 saturated carbocycles. The molecule has 1 N–H and O–H groups in total. The molecule has 2 atom stereocenters. The van der Waals surface area contributed by atoms with Crippen molar-refractivity contribution in [1.29, 1.82) is 0 Å². The second-order valence-electron chi connectivity index (χ2n) is 8.15. The number of carbonyl (C=O) groups excluding carboxylic acids is 1. The van der Waals surface area contributed by atoms with E-state index in [4.69, 9.17) is 4.74 Å². The second kappa shape index (κ2) is 7.77. The standard InChI is InChI=1S/C19H26F3N3O3/c1-18(2,27)11-15-6-9-25(17(26)28-15)14-4-3-8-24(12-14)16-10-13(5-7-23-16)19(20,21)22/h5,7,10,14-15,27H,3-4,6,8-9,11-12H2,1-2H3. The lowest BCUT2D eigenvalue weighted by atomic mass is 9.97. The lowest BCUT2D eigenvalue weighted by Gasteiger charge is -2.42. The SMILES string of the molecule is CC(C)(O)CC1CCN(C2CCCN(c3cc(C(F)(F)F)ccn3)C2)C(=O)O1. The Hall–Kier alpha value is -2.03. The zero-order valence-electron chi connectivity index (χ0n) is 16.1. The Morgan fingerprint density at radius 3 is 2.68 bits per heavy atom. The van der Waals surface area contributed by atoms with Crippen molar-refractivity contribution in [2.24, 2.45) is 0 Å². The molecule has 0 radical (unpaired) electrons. The third kappa shape index (κ3) is 5.06. The van der Waals surface area contributed by atoms with E-state index < -0.39 is 23.4 Å². The number of carbonyl (C=O) groups is 1. The first-order valence-corrected chi connectivity index (χ1v) is 9.51. The van der Waals surface area contributed by atoms with Crippen LogP contribution in [0.15, 0.2) is 18.3 Å². The summed E-state index contributed by atoms with van der Waals surface area (Å²) in [7, 11) is 0. The van der Waals surface area contributed by atoms with Crippen molar-refractivity contribution in [1.82, 2.24) is 9.88 Å². The van der Waals surface area contributed by atoms with Gasteiger partial charge in [-0.05, 0) is 38.8 Å². The molecule has 0 bridgehead atoms. The number of hydrogen-bond donors (Lipinski definition) is 1. The normalized spacial score (nSPS) is 24.3. The van der Waals surface area contributed by atoms with E-state index in [0.717, 1.165) is 31.2 Å². The Labute approximate surface area is 162 Å². The maximum atomic E-state index is 13.0. The van der Waals surface area contributed by atoms with Crippen LogP contribution in [0.5, 0.6) is 0 Å². The van der Waals surface area contributed by atoms with Gasteiger partial charge < -0.3 is 19.6 Å². The molecule has 1 amide bonds. The molecule has 9 heteroatoms. The van der Waals surface area contributed by atoms with Gasteiger partial charge in [-0.15, -0.1) is 0 Å². The molecule has 2 unspecified atom stereocenters. The fourth-order valence-corrected chi connectivity index (χ4v) is 3.86. The van der Waals surface area contributed by atoms with E-state index in [1.54, 1.807) is 23.6 Å². The predicted octanol–water partition coefficient (Wildman–Crippen LogP) is 3.44. The number of rotatable bonds is 4. The number of aromatic nitrogens is 1. The van der Waals surface area contributed by atoms with E-state index in [1.807, 2.05) is 0 Å². The van der Waals surface area contributed by atoms with E-state index in [9.17, 15) is 23.1 Å². The number of cyclic esters (lactones) is 1. The Balaban J connectivity index is 1.65. The van der Waals surface area contributed by atoms with Crippen LogP contribution in [0.1, 0.15) is 45.1 Å². The molecule has 6 nitrogen and oxygen atoms in total. The van der Waals surface area contributed by atoms with E-state index in [0.29, 0.717) is 32.5 Å². The molecule has 3 rings (SSSR count). The van der Waals surface area contributed by atoms with Crippen LogP contribution in [0.2, 0.25) is 0 Å². The lowest BCUT2D eigenvalue weighted by Crippen LogP contribution is -2.54. The molecule has 2 aliphatic heterocycles. The molecule has 1 aromatic rings. The molecule has 0 aromatic carbocycles. The number of piperidine rings is 1. The van der Waals surface area contributed by atoms with Crippen molar-refractivity contribution in [3.63, 3.8) is 0 Å². The summed E-state index contributed by atoms with van der Waals surface area (Å²) >= 11 is 0. The van der Waals surface area contributed by atoms with Crippen molar-refractivity contribution in [3.05, 3.63) is 23.9 Å². The summed E-state index contributed by atoms with van der Waals surface area (Å²) in [5, 5.41) is 9.91. The van der Waals surface area contributed by atoms with Crippen LogP contribution in [0.4, 0.5) is 23.8 Å². The van der Waals surface area contributed by atoms with Crippen LogP contribution < -0.4 is 4.90 Å². The second-order valence-corrected chi connectivity index (χ2v) is 8.15. The average molecular weight is 401 g/mol. The minimum absolute atomic E-state index is 0.138. The molecular formula is C19H26F3N3O3. The number of aliphatic hydroxyl groups is 1. The van der Waals surface area contributed by atoms with Crippen LogP contribution in [0.25, 0.3) is 0 Å². The first-order chi connectivity index (χ1) is 13.0. The van der Waals surface area contributed by atoms with Crippen molar-refractivity contribution in [2.75, 3.05) is 24.5 Å². The fourth-order valence-electron chi connectivity index (χ4n) is 3.86. The Morgan fingerprint density at radius 1 is 1.29 bits per heavy atom. The zero-order chi connectivity index (χ0) is 20.5. The Bertz CT molecular complexity index is 706. The molecule has 156 valence electrons. The smallest absolute Gasteiger partial charge is 0.416 e. The predicted molar refractivity (Wildman–Crippen MR) is 97.0 cm³/mol. The highest BCUT2D eigenvalue weighted by molar-refractivity contribution is 5.69. The molecule has 2 aliphatic rings. The minimum atomic E-state index is -4.42. The number of anilines is 1. The third-order valence-corrected chi connectivity index (χ3v) is 5.16. The zero-order valence-corrected chi connectivity index (χ0v) is 16.1. The van der Waals surface area contributed by atoms with Crippen LogP contribution in [0.3, 0.4) is 0 Å². The summed E-state index contributed by atoms with van der Waals surface area (Å²) in [6.07, 6.45) is -1.50. The Kier molecular flexibility index (Phi) is 5.74. The van der Waals surface area contributed by atoms with E-state index in [2.05, 4.69) is 4.98 Å². The molecule has 28 heavy (non-hydrogen) atoms. The minimum Gasteiger partial charge on any atom is -0.446 e. The van der Waals surface area contributed by atoms with Gasteiger partial charge in [0.15, 0.2) is 0 Å². The largest absolute Gasteiger partial charge is 0.446 e. The van der Waals surface area contributed by atoms with Gasteiger partial charge in [-0.1, -0.05) is 0 Å². The Morgan fingerprint density at radius 2 is 2.04 bits per heavy atom. The maximum Gasteiger partial charge on any atom is 0.416 e. The summed E-state index contributed by atoms with van der Waals surface area (Å²) in [6, 6.07) is 1.87. The van der Waals surface area contributed by atoms with Crippen molar-refractivity contribution >= 4 is 11.9 Å². The number of hydrogen-bond acceptors (Lipinski definition) is 5. The van der Waals surface area contributed by atoms with Gasteiger partial charge in [0.25, 0.3) is 0 Å². The van der Waals surface area contributed by atoms with Crippen LogP contribution in [-0.4, -0.2) is 58.5 Å².